The van der Waals surface area contributed by atoms with E-state index in [1.54, 1.807) is 48.5 Å². The van der Waals surface area contributed by atoms with Crippen molar-refractivity contribution < 1.29 is 33.8 Å². The van der Waals surface area contributed by atoms with Crippen molar-refractivity contribution in [3.05, 3.63) is 148 Å². The highest BCUT2D eigenvalue weighted by molar-refractivity contribution is 7.09. The Morgan fingerprint density at radius 1 is 0.611 bits per heavy atom. The van der Waals surface area contributed by atoms with Crippen LogP contribution in [0, 0.1) is 0 Å². The summed E-state index contributed by atoms with van der Waals surface area (Å²) < 4.78 is 5.68. The van der Waals surface area contributed by atoms with Crippen molar-refractivity contribution in [2.45, 2.75) is 49.9 Å². The molecule has 0 saturated heterocycles. The molecule has 4 atom stereocenters. The summed E-state index contributed by atoms with van der Waals surface area (Å²) in [4.78, 5) is 68.6. The minimum Gasteiger partial charge on any atom is -0.484 e. The third-order valence-electron chi connectivity index (χ3n) is 9.03. The zero-order valence-corrected chi connectivity index (χ0v) is 30.1. The minimum atomic E-state index is -1.32. The Balaban J connectivity index is 1.34. The van der Waals surface area contributed by atoms with Crippen LogP contribution in [0.3, 0.4) is 0 Å². The second-order valence-corrected chi connectivity index (χ2v) is 14.1. The number of carbonyl (C=O) groups excluding carboxylic acids is 4. The summed E-state index contributed by atoms with van der Waals surface area (Å²) in [5.41, 5.74) is 4.06. The van der Waals surface area contributed by atoms with Crippen molar-refractivity contribution in [1.82, 2.24) is 21.3 Å². The van der Waals surface area contributed by atoms with Crippen LogP contribution in [0.1, 0.15) is 21.6 Å². The maximum atomic E-state index is 14.3. The van der Waals surface area contributed by atoms with Crippen LogP contribution in [0.4, 0.5) is 0 Å². The van der Waals surface area contributed by atoms with Crippen LogP contribution in [-0.2, 0) is 49.7 Å². The number of carbonyl (C=O) groups is 5. The van der Waals surface area contributed by atoms with E-state index >= 15 is 0 Å². The molecule has 0 radical (unpaired) electrons. The SMILES string of the molecule is O=C1COc2ccc(cc2)C[C@@H](C(=O)O)NC(=O)[C@H](Cc2ccccc2)NC(=O)[C@@H](Cc2ccc(-c3ccccc3)cc2)NC(=O)[C@@H](Cc2cccs2)N1. The lowest BCUT2D eigenvalue weighted by atomic mass is 9.99. The Bertz CT molecular complexity index is 2040. The Kier molecular flexibility index (Phi) is 12.5. The van der Waals surface area contributed by atoms with E-state index in [-0.39, 0.29) is 32.3 Å². The van der Waals surface area contributed by atoms with E-state index in [2.05, 4.69) is 21.3 Å². The second kappa shape index (κ2) is 18.0. The van der Waals surface area contributed by atoms with Gasteiger partial charge in [-0.15, -0.1) is 11.3 Å². The molecular formula is C42H40N4O7S. The topological polar surface area (TPSA) is 163 Å². The highest BCUT2D eigenvalue weighted by Gasteiger charge is 2.32. The van der Waals surface area contributed by atoms with Gasteiger partial charge in [0.1, 0.15) is 29.9 Å². The predicted octanol–water partition coefficient (Wildman–Crippen LogP) is 4.10. The quantitative estimate of drug-likeness (QED) is 0.150. The monoisotopic (exact) mass is 744 g/mol. The summed E-state index contributed by atoms with van der Waals surface area (Å²) in [5, 5.41) is 23.0. The summed E-state index contributed by atoms with van der Waals surface area (Å²) in [7, 11) is 0. The molecule has 11 nitrogen and oxygen atoms in total. The summed E-state index contributed by atoms with van der Waals surface area (Å²) in [6, 6.07) is 31.9. The first-order valence-electron chi connectivity index (χ1n) is 17.6. The number of benzene rings is 4. The van der Waals surface area contributed by atoms with E-state index < -0.39 is 53.8 Å². The Labute approximate surface area is 316 Å². The van der Waals surface area contributed by atoms with E-state index in [0.29, 0.717) is 11.3 Å². The van der Waals surface area contributed by atoms with Gasteiger partial charge in [0.15, 0.2) is 6.61 Å². The first-order valence-corrected chi connectivity index (χ1v) is 18.4. The molecule has 7 rings (SSSR count). The van der Waals surface area contributed by atoms with Gasteiger partial charge in [-0.1, -0.05) is 103 Å². The fourth-order valence-corrected chi connectivity index (χ4v) is 6.92. The lowest BCUT2D eigenvalue weighted by molar-refractivity contribution is -0.142. The van der Waals surface area contributed by atoms with Crippen LogP contribution in [0.5, 0.6) is 5.75 Å². The number of carboxylic acid groups (broad SMARTS) is 1. The van der Waals surface area contributed by atoms with Crippen LogP contribution in [-0.4, -0.2) is 65.5 Å². The van der Waals surface area contributed by atoms with Gasteiger partial charge in [-0.3, -0.25) is 19.2 Å². The maximum Gasteiger partial charge on any atom is 0.326 e. The highest BCUT2D eigenvalue weighted by Crippen LogP contribution is 2.21. The molecule has 2 aliphatic rings. The van der Waals surface area contributed by atoms with Gasteiger partial charge in [0.05, 0.1) is 0 Å². The largest absolute Gasteiger partial charge is 0.484 e. The van der Waals surface area contributed by atoms with E-state index in [1.165, 1.54) is 11.3 Å². The summed E-state index contributed by atoms with van der Waals surface area (Å²) >= 11 is 1.43. The zero-order chi connectivity index (χ0) is 37.9. The third-order valence-corrected chi connectivity index (χ3v) is 9.93. The average molecular weight is 745 g/mol. The van der Waals surface area contributed by atoms with Gasteiger partial charge in [-0.25, -0.2) is 4.79 Å². The number of amides is 4. The van der Waals surface area contributed by atoms with Gasteiger partial charge in [0.25, 0.3) is 5.91 Å². The summed E-state index contributed by atoms with van der Waals surface area (Å²) in [6.45, 7) is -0.389. The van der Waals surface area contributed by atoms with E-state index in [4.69, 9.17) is 4.74 Å². The Hall–Kier alpha value is -6.27. The third kappa shape index (κ3) is 10.4. The minimum absolute atomic E-state index is 0.0457. The van der Waals surface area contributed by atoms with Crippen LogP contribution in [0.2, 0.25) is 0 Å². The van der Waals surface area contributed by atoms with Crippen LogP contribution >= 0.6 is 11.3 Å². The molecule has 0 aliphatic carbocycles. The van der Waals surface area contributed by atoms with Crippen molar-refractivity contribution in [1.29, 1.82) is 0 Å². The zero-order valence-electron chi connectivity index (χ0n) is 29.3. The molecule has 276 valence electrons. The van der Waals surface area contributed by atoms with Gasteiger partial charge >= 0.3 is 5.97 Å². The lowest BCUT2D eigenvalue weighted by Gasteiger charge is -2.26. The normalized spacial score (nSPS) is 19.9. The Morgan fingerprint density at radius 3 is 1.76 bits per heavy atom. The first-order chi connectivity index (χ1) is 26.2. The maximum absolute atomic E-state index is 14.3. The molecule has 2 bridgehead atoms. The van der Waals surface area contributed by atoms with Crippen LogP contribution in [0.25, 0.3) is 11.1 Å². The molecular weight excluding hydrogens is 705 g/mol. The van der Waals surface area contributed by atoms with Gasteiger partial charge < -0.3 is 31.1 Å². The van der Waals surface area contributed by atoms with Gasteiger partial charge in [-0.05, 0) is 51.4 Å². The summed E-state index contributed by atoms with van der Waals surface area (Å²) in [6.07, 6.45) is 0.233. The molecule has 4 amide bonds. The number of hydrogen-bond acceptors (Lipinski definition) is 7. The van der Waals surface area contributed by atoms with Gasteiger partial charge in [0.2, 0.25) is 17.7 Å². The molecule has 1 aromatic heterocycles. The van der Waals surface area contributed by atoms with Crippen molar-refractivity contribution >= 4 is 40.9 Å². The van der Waals surface area contributed by atoms with Crippen LogP contribution in [0.15, 0.2) is 127 Å². The number of rotatable bonds is 8. The first kappa shape index (κ1) is 37.5. The number of thiophene rings is 1. The van der Waals surface area contributed by atoms with E-state index in [0.717, 1.165) is 27.1 Å². The van der Waals surface area contributed by atoms with Gasteiger partial charge in [0, 0.05) is 30.6 Å². The molecule has 0 fully saturated rings. The van der Waals surface area contributed by atoms with Crippen molar-refractivity contribution in [3.63, 3.8) is 0 Å². The van der Waals surface area contributed by atoms with Crippen LogP contribution < -0.4 is 26.0 Å². The van der Waals surface area contributed by atoms with Crippen molar-refractivity contribution in [3.8, 4) is 16.9 Å². The van der Waals surface area contributed by atoms with Gasteiger partial charge in [-0.2, -0.15) is 0 Å². The molecule has 3 heterocycles. The van der Waals surface area contributed by atoms with Crippen molar-refractivity contribution in [2.24, 2.45) is 0 Å². The average Bonchev–Trinajstić information content (AvgIpc) is 3.70. The molecule has 5 aromatic rings. The van der Waals surface area contributed by atoms with E-state index in [9.17, 15) is 29.1 Å². The fraction of sp³-hybridized carbons (Fsp3) is 0.214. The standard InChI is InChI=1S/C42H40N4O7S/c47-38-26-53-32-19-15-29(16-20-32)24-37(42(51)52)46-40(49)34(22-27-8-3-1-4-9-27)44-39(48)35(45-41(50)36(43-38)25-33-12-7-21-54-33)23-28-13-17-31(18-14-28)30-10-5-2-6-11-30/h1-21,34-37H,22-26H2,(H,43,47)(H,44,48)(H,45,50)(H,46,49)(H,51,52)/t34-,35+,36+,37-/m0/s1. The molecule has 5 N–H and O–H groups in total. The number of fused-ring (bicyclic) bond motifs is 16. The molecule has 12 heteroatoms. The second-order valence-electron chi connectivity index (χ2n) is 13.0. The number of aliphatic carboxylic acids is 1. The fourth-order valence-electron chi connectivity index (χ4n) is 6.17. The molecule has 0 unspecified atom stereocenters. The molecule has 2 aliphatic heterocycles. The lowest BCUT2D eigenvalue weighted by Crippen LogP contribution is -2.59. The molecule has 4 aromatic carbocycles. The van der Waals surface area contributed by atoms with E-state index in [1.807, 2.05) is 78.2 Å². The number of ether oxygens (including phenoxy) is 1. The molecule has 0 spiro atoms. The smallest absolute Gasteiger partial charge is 0.326 e. The molecule has 0 saturated carbocycles. The Morgan fingerprint density at radius 2 is 1.17 bits per heavy atom. The molecule has 54 heavy (non-hydrogen) atoms. The number of hydrogen-bond donors (Lipinski definition) is 5. The predicted molar refractivity (Wildman–Crippen MR) is 205 cm³/mol. The number of carboxylic acids is 1. The number of nitrogens with one attached hydrogen (secondary N) is 4. The highest BCUT2D eigenvalue weighted by atomic mass is 32.1. The summed E-state index contributed by atoms with van der Waals surface area (Å²) in [5.74, 6) is -3.39. The van der Waals surface area contributed by atoms with Crippen molar-refractivity contribution in [2.75, 3.05) is 6.61 Å².